The van der Waals surface area contributed by atoms with Crippen molar-refractivity contribution in [2.24, 2.45) is 0 Å². The Morgan fingerprint density at radius 2 is 2.30 bits per heavy atom. The first-order chi connectivity index (χ1) is 11.0. The van der Waals surface area contributed by atoms with E-state index in [2.05, 4.69) is 16.7 Å². The van der Waals surface area contributed by atoms with Crippen LogP contribution in [0.4, 0.5) is 4.79 Å². The minimum absolute atomic E-state index is 0.0113. The van der Waals surface area contributed by atoms with Crippen LogP contribution in [-0.2, 0) is 14.6 Å². The molecule has 130 valence electrons. The smallest absolute Gasteiger partial charge is 0.315 e. The molecule has 7 heteroatoms. The summed E-state index contributed by atoms with van der Waals surface area (Å²) in [5, 5.41) is 5.88. The van der Waals surface area contributed by atoms with Gasteiger partial charge in [0.25, 0.3) is 0 Å². The van der Waals surface area contributed by atoms with E-state index in [0.717, 1.165) is 25.7 Å². The van der Waals surface area contributed by atoms with Gasteiger partial charge in [-0.05, 0) is 44.9 Å². The number of sulfone groups is 1. The summed E-state index contributed by atoms with van der Waals surface area (Å²) in [7, 11) is -2.99. The Morgan fingerprint density at radius 3 is 3.00 bits per heavy atom. The highest BCUT2D eigenvalue weighted by molar-refractivity contribution is 7.91. The third-order valence-electron chi connectivity index (χ3n) is 5.05. The molecular weight excluding hydrogens is 316 g/mol. The van der Waals surface area contributed by atoms with E-state index < -0.39 is 15.4 Å². The Kier molecular flexibility index (Phi) is 4.96. The summed E-state index contributed by atoms with van der Waals surface area (Å²) in [4.78, 5) is 12.0. The molecule has 0 aromatic rings. The predicted molar refractivity (Wildman–Crippen MR) is 88.1 cm³/mol. The van der Waals surface area contributed by atoms with Gasteiger partial charge in [-0.1, -0.05) is 11.6 Å². The average molecular weight is 342 g/mol. The van der Waals surface area contributed by atoms with Gasteiger partial charge in [-0.3, -0.25) is 0 Å². The van der Waals surface area contributed by atoms with Crippen molar-refractivity contribution in [3.63, 3.8) is 0 Å². The van der Waals surface area contributed by atoms with Crippen molar-refractivity contribution in [2.45, 2.75) is 56.6 Å². The molecule has 2 aliphatic heterocycles. The second-order valence-electron chi connectivity index (χ2n) is 6.97. The largest absolute Gasteiger partial charge is 0.374 e. The van der Waals surface area contributed by atoms with Gasteiger partial charge in [-0.15, -0.1) is 0 Å². The van der Waals surface area contributed by atoms with Crippen LogP contribution in [0.1, 0.15) is 44.9 Å². The predicted octanol–water partition coefficient (Wildman–Crippen LogP) is 1.52. The van der Waals surface area contributed by atoms with Crippen molar-refractivity contribution in [1.82, 2.24) is 10.6 Å². The Balaban J connectivity index is 1.43. The molecule has 2 saturated heterocycles. The molecule has 2 heterocycles. The maximum atomic E-state index is 12.0. The molecule has 0 aromatic carbocycles. The van der Waals surface area contributed by atoms with Gasteiger partial charge in [-0.25, -0.2) is 13.2 Å². The lowest BCUT2D eigenvalue weighted by Gasteiger charge is -2.37. The monoisotopic (exact) mass is 342 g/mol. The third kappa shape index (κ3) is 4.47. The second-order valence-corrected chi connectivity index (χ2v) is 9.15. The number of allylic oxidation sites excluding steroid dienone is 1. The zero-order valence-electron chi connectivity index (χ0n) is 13.5. The van der Waals surface area contributed by atoms with E-state index in [1.54, 1.807) is 0 Å². The quantitative estimate of drug-likeness (QED) is 0.759. The van der Waals surface area contributed by atoms with Gasteiger partial charge in [0.05, 0.1) is 17.1 Å². The van der Waals surface area contributed by atoms with E-state index in [4.69, 9.17) is 4.74 Å². The molecule has 2 amide bonds. The summed E-state index contributed by atoms with van der Waals surface area (Å²) in [6.07, 6.45) is 8.60. The highest BCUT2D eigenvalue weighted by Gasteiger charge is 2.46. The molecule has 2 N–H and O–H groups in total. The first kappa shape index (κ1) is 16.8. The number of urea groups is 1. The normalized spacial score (nSPS) is 32.7. The summed E-state index contributed by atoms with van der Waals surface area (Å²) in [5.74, 6) is 0.287. The van der Waals surface area contributed by atoms with Gasteiger partial charge < -0.3 is 15.4 Å². The molecule has 1 aliphatic carbocycles. The van der Waals surface area contributed by atoms with Gasteiger partial charge >= 0.3 is 6.03 Å². The zero-order valence-corrected chi connectivity index (χ0v) is 14.3. The first-order valence-electron chi connectivity index (χ1n) is 8.53. The van der Waals surface area contributed by atoms with E-state index in [0.29, 0.717) is 26.0 Å². The van der Waals surface area contributed by atoms with E-state index in [1.807, 2.05) is 0 Å². The molecule has 23 heavy (non-hydrogen) atoms. The van der Waals surface area contributed by atoms with Crippen LogP contribution < -0.4 is 10.6 Å². The summed E-state index contributed by atoms with van der Waals surface area (Å²) >= 11 is 0. The summed E-state index contributed by atoms with van der Waals surface area (Å²) < 4.78 is 29.2. The van der Waals surface area contributed by atoms with Crippen molar-refractivity contribution in [2.75, 3.05) is 24.7 Å². The van der Waals surface area contributed by atoms with Gasteiger partial charge in [0.1, 0.15) is 0 Å². The fraction of sp³-hybridized carbons (Fsp3) is 0.812. The minimum Gasteiger partial charge on any atom is -0.374 e. The van der Waals surface area contributed by atoms with Crippen LogP contribution in [0.15, 0.2) is 11.6 Å². The summed E-state index contributed by atoms with van der Waals surface area (Å²) in [5.41, 5.74) is 0.857. The maximum Gasteiger partial charge on any atom is 0.315 e. The highest BCUT2D eigenvalue weighted by Crippen LogP contribution is 2.35. The van der Waals surface area contributed by atoms with E-state index in [1.165, 1.54) is 12.0 Å². The Hall–Kier alpha value is -1.08. The molecule has 0 aromatic heterocycles. The van der Waals surface area contributed by atoms with Gasteiger partial charge in [0.15, 0.2) is 9.84 Å². The van der Waals surface area contributed by atoms with Crippen LogP contribution in [0, 0.1) is 0 Å². The summed E-state index contributed by atoms with van der Waals surface area (Å²) in [6.45, 7) is 1.16. The molecule has 2 atom stereocenters. The molecule has 2 fully saturated rings. The van der Waals surface area contributed by atoms with Crippen LogP contribution in [0.25, 0.3) is 0 Å². The number of ether oxygens (including phenoxy) is 1. The Morgan fingerprint density at radius 1 is 1.43 bits per heavy atom. The summed E-state index contributed by atoms with van der Waals surface area (Å²) in [6, 6.07) is -0.172. The van der Waals surface area contributed by atoms with Crippen molar-refractivity contribution in [3.05, 3.63) is 11.6 Å². The van der Waals surface area contributed by atoms with E-state index in [-0.39, 0.29) is 23.6 Å². The molecule has 0 unspecified atom stereocenters. The Bertz CT molecular complexity index is 587. The van der Waals surface area contributed by atoms with E-state index in [9.17, 15) is 13.2 Å². The molecule has 0 saturated carbocycles. The zero-order chi connectivity index (χ0) is 16.3. The number of rotatable bonds is 4. The van der Waals surface area contributed by atoms with Crippen molar-refractivity contribution in [3.8, 4) is 0 Å². The number of carbonyl (C=O) groups excluding carboxylic acids is 1. The standard InChI is InChI=1S/C16H26N2O4S/c19-15(17-8-5-13-3-1-2-4-13)18-14-6-9-22-16(11-14)7-10-23(20,21)12-16/h3,14H,1-2,4-12H2,(H2,17,18,19)/t14-,16-/m1/s1. The van der Waals surface area contributed by atoms with Crippen LogP contribution >= 0.6 is 0 Å². The Labute approximate surface area is 138 Å². The van der Waals surface area contributed by atoms with Gasteiger partial charge in [-0.2, -0.15) is 0 Å². The first-order valence-corrected chi connectivity index (χ1v) is 10.4. The lowest BCUT2D eigenvalue weighted by atomic mass is 9.90. The van der Waals surface area contributed by atoms with Crippen molar-refractivity contribution >= 4 is 15.9 Å². The lowest BCUT2D eigenvalue weighted by Crippen LogP contribution is -2.51. The van der Waals surface area contributed by atoms with Crippen molar-refractivity contribution < 1.29 is 17.9 Å². The number of amides is 2. The fourth-order valence-corrected chi connectivity index (χ4v) is 5.82. The number of hydrogen-bond donors (Lipinski definition) is 2. The molecule has 3 rings (SSSR count). The molecule has 0 radical (unpaired) electrons. The lowest BCUT2D eigenvalue weighted by molar-refractivity contribution is -0.0687. The average Bonchev–Trinajstić information content (AvgIpc) is 3.07. The van der Waals surface area contributed by atoms with Crippen LogP contribution in [0.2, 0.25) is 0 Å². The van der Waals surface area contributed by atoms with Crippen LogP contribution in [0.3, 0.4) is 0 Å². The maximum absolute atomic E-state index is 12.0. The molecule has 3 aliphatic rings. The van der Waals surface area contributed by atoms with Crippen molar-refractivity contribution in [1.29, 1.82) is 0 Å². The molecule has 0 bridgehead atoms. The number of hydrogen-bond acceptors (Lipinski definition) is 4. The topological polar surface area (TPSA) is 84.5 Å². The number of nitrogens with one attached hydrogen (secondary N) is 2. The second kappa shape index (κ2) is 6.81. The highest BCUT2D eigenvalue weighted by atomic mass is 32.2. The van der Waals surface area contributed by atoms with E-state index >= 15 is 0 Å². The molecule has 6 nitrogen and oxygen atoms in total. The van der Waals surface area contributed by atoms with Gasteiger partial charge in [0, 0.05) is 19.2 Å². The minimum atomic E-state index is -2.99. The molecular formula is C16H26N2O4S. The third-order valence-corrected chi connectivity index (χ3v) is 6.84. The van der Waals surface area contributed by atoms with Gasteiger partial charge in [0.2, 0.25) is 0 Å². The fourth-order valence-electron chi connectivity index (χ4n) is 3.85. The molecule has 1 spiro atoms. The SMILES string of the molecule is O=C(NCCC1=CCCC1)N[C@@H]1CCO[C@]2(CCS(=O)(=O)C2)C1. The van der Waals surface area contributed by atoms with Crippen LogP contribution in [-0.4, -0.2) is 50.7 Å². The van der Waals surface area contributed by atoms with Crippen LogP contribution in [0.5, 0.6) is 0 Å². The number of carbonyl (C=O) groups is 1.